The predicted molar refractivity (Wildman–Crippen MR) is 72.3 cm³/mol. The van der Waals surface area contributed by atoms with Crippen molar-refractivity contribution in [2.24, 2.45) is 0 Å². The van der Waals surface area contributed by atoms with E-state index < -0.39 is 11.9 Å². The monoisotopic (exact) mass is 316 g/mol. The Labute approximate surface area is 122 Å². The summed E-state index contributed by atoms with van der Waals surface area (Å²) in [4.78, 5) is 16.9. The van der Waals surface area contributed by atoms with Gasteiger partial charge in [0, 0.05) is 25.9 Å². The SMILES string of the molecule is O=C(O)c1n[nH]c2nc(N3CCC(F)(F)CC3)c(Cl)cc12. The lowest BCUT2D eigenvalue weighted by Gasteiger charge is -2.32. The molecule has 2 aromatic heterocycles. The van der Waals surface area contributed by atoms with Crippen LogP contribution >= 0.6 is 11.6 Å². The standard InChI is InChI=1S/C12H11ClF2N4O2/c13-7-5-6-8(11(20)21)17-18-9(6)16-10(7)19-3-1-12(14,15)2-4-19/h5H,1-4H2,(H,20,21)(H,16,17,18). The molecule has 6 nitrogen and oxygen atoms in total. The van der Waals surface area contributed by atoms with Crippen LogP contribution < -0.4 is 4.90 Å². The van der Waals surface area contributed by atoms with E-state index >= 15 is 0 Å². The molecular formula is C12H11ClF2N4O2. The number of aromatic nitrogens is 3. The molecule has 0 unspecified atom stereocenters. The van der Waals surface area contributed by atoms with E-state index in [4.69, 9.17) is 16.7 Å². The van der Waals surface area contributed by atoms with Crippen molar-refractivity contribution in [3.05, 3.63) is 16.8 Å². The molecule has 9 heteroatoms. The number of halogens is 3. The van der Waals surface area contributed by atoms with Gasteiger partial charge in [-0.25, -0.2) is 18.6 Å². The van der Waals surface area contributed by atoms with Crippen LogP contribution in [0.3, 0.4) is 0 Å². The van der Waals surface area contributed by atoms with Crippen LogP contribution in [0.4, 0.5) is 14.6 Å². The first-order valence-electron chi connectivity index (χ1n) is 6.28. The molecule has 3 heterocycles. The van der Waals surface area contributed by atoms with Crippen LogP contribution in [0.1, 0.15) is 23.3 Å². The minimum Gasteiger partial charge on any atom is -0.476 e. The Morgan fingerprint density at radius 3 is 2.71 bits per heavy atom. The highest BCUT2D eigenvalue weighted by atomic mass is 35.5. The average Bonchev–Trinajstić information content (AvgIpc) is 2.81. The summed E-state index contributed by atoms with van der Waals surface area (Å²) in [5, 5.41) is 15.7. The molecule has 2 aromatic rings. The summed E-state index contributed by atoms with van der Waals surface area (Å²) in [6, 6.07) is 1.44. The number of carboxylic acid groups (broad SMARTS) is 1. The molecule has 1 saturated heterocycles. The molecule has 0 amide bonds. The number of carbonyl (C=O) groups is 1. The molecule has 112 valence electrons. The molecule has 0 saturated carbocycles. The number of pyridine rings is 1. The molecule has 0 atom stereocenters. The minimum atomic E-state index is -2.66. The number of hydrogen-bond acceptors (Lipinski definition) is 4. The van der Waals surface area contributed by atoms with Crippen LogP contribution in [0.15, 0.2) is 6.07 Å². The van der Waals surface area contributed by atoms with Gasteiger partial charge >= 0.3 is 5.97 Å². The molecule has 1 aliphatic rings. The number of aromatic amines is 1. The third-order valence-electron chi connectivity index (χ3n) is 3.48. The second-order valence-electron chi connectivity index (χ2n) is 4.91. The van der Waals surface area contributed by atoms with E-state index in [2.05, 4.69) is 15.2 Å². The van der Waals surface area contributed by atoms with E-state index in [0.29, 0.717) is 11.2 Å². The number of hydrogen-bond donors (Lipinski definition) is 2. The predicted octanol–water partition coefficient (Wildman–Crippen LogP) is 2.55. The maximum Gasteiger partial charge on any atom is 0.357 e. The Kier molecular flexibility index (Phi) is 3.20. The number of anilines is 1. The van der Waals surface area contributed by atoms with Crippen molar-refractivity contribution in [3.63, 3.8) is 0 Å². The molecule has 0 bridgehead atoms. The molecule has 21 heavy (non-hydrogen) atoms. The molecule has 0 aliphatic carbocycles. The number of rotatable bonds is 2. The molecule has 0 aromatic carbocycles. The van der Waals surface area contributed by atoms with Crippen LogP contribution in [0.5, 0.6) is 0 Å². The summed E-state index contributed by atoms with van der Waals surface area (Å²) in [5.74, 6) is -3.48. The molecule has 1 aliphatic heterocycles. The van der Waals surface area contributed by atoms with Gasteiger partial charge < -0.3 is 10.0 Å². The Morgan fingerprint density at radius 1 is 1.43 bits per heavy atom. The number of H-pyrrole nitrogens is 1. The molecule has 2 N–H and O–H groups in total. The van der Waals surface area contributed by atoms with Gasteiger partial charge in [-0.3, -0.25) is 5.10 Å². The number of nitrogens with zero attached hydrogens (tertiary/aromatic N) is 3. The van der Waals surface area contributed by atoms with Crippen molar-refractivity contribution in [1.82, 2.24) is 15.2 Å². The fourth-order valence-electron chi connectivity index (χ4n) is 2.34. The number of alkyl halides is 2. The van der Waals surface area contributed by atoms with Crippen molar-refractivity contribution < 1.29 is 18.7 Å². The second kappa shape index (κ2) is 4.80. The molecule has 3 rings (SSSR count). The zero-order chi connectivity index (χ0) is 15.2. The van der Waals surface area contributed by atoms with Gasteiger partial charge in [-0.15, -0.1) is 0 Å². The van der Waals surface area contributed by atoms with E-state index in [0.717, 1.165) is 0 Å². The summed E-state index contributed by atoms with van der Waals surface area (Å²) in [6.45, 7) is 0.288. The first-order chi connectivity index (χ1) is 9.87. The first-order valence-corrected chi connectivity index (χ1v) is 6.66. The van der Waals surface area contributed by atoms with Crippen molar-refractivity contribution >= 4 is 34.4 Å². The molecule has 1 fully saturated rings. The third kappa shape index (κ3) is 2.51. The minimum absolute atomic E-state index is 0.144. The van der Waals surface area contributed by atoms with E-state index in [1.807, 2.05) is 0 Å². The normalized spacial score (nSPS) is 18.1. The van der Waals surface area contributed by atoms with Gasteiger partial charge in [-0.2, -0.15) is 5.10 Å². The summed E-state index contributed by atoms with van der Waals surface area (Å²) >= 11 is 6.11. The maximum absolute atomic E-state index is 13.2. The maximum atomic E-state index is 13.2. The number of piperidine rings is 1. The van der Waals surface area contributed by atoms with Gasteiger partial charge in [0.25, 0.3) is 5.92 Å². The van der Waals surface area contributed by atoms with E-state index in [-0.39, 0.29) is 42.3 Å². The van der Waals surface area contributed by atoms with E-state index in [9.17, 15) is 13.6 Å². The van der Waals surface area contributed by atoms with Crippen LogP contribution in [-0.2, 0) is 0 Å². The molecular weight excluding hydrogens is 306 g/mol. The third-order valence-corrected chi connectivity index (χ3v) is 3.76. The average molecular weight is 317 g/mol. The zero-order valence-corrected chi connectivity index (χ0v) is 11.5. The number of fused-ring (bicyclic) bond motifs is 1. The van der Waals surface area contributed by atoms with Gasteiger partial charge in [0.1, 0.15) is 5.82 Å². The van der Waals surface area contributed by atoms with Gasteiger partial charge in [-0.1, -0.05) is 11.6 Å². The van der Waals surface area contributed by atoms with Gasteiger partial charge in [0.2, 0.25) is 0 Å². The largest absolute Gasteiger partial charge is 0.476 e. The first kappa shape index (κ1) is 14.0. The lowest BCUT2D eigenvalue weighted by Crippen LogP contribution is -2.39. The van der Waals surface area contributed by atoms with Crippen LogP contribution in [0.2, 0.25) is 5.02 Å². The Morgan fingerprint density at radius 2 is 2.10 bits per heavy atom. The highest BCUT2D eigenvalue weighted by Crippen LogP contribution is 2.34. The Balaban J connectivity index is 1.97. The van der Waals surface area contributed by atoms with Crippen molar-refractivity contribution in [3.8, 4) is 0 Å². The summed E-state index contributed by atoms with van der Waals surface area (Å²) in [6.07, 6.45) is -0.515. The second-order valence-corrected chi connectivity index (χ2v) is 5.32. The highest BCUT2D eigenvalue weighted by molar-refractivity contribution is 6.33. The zero-order valence-electron chi connectivity index (χ0n) is 10.7. The lowest BCUT2D eigenvalue weighted by molar-refractivity contribution is -0.0221. The topological polar surface area (TPSA) is 82.1 Å². The van der Waals surface area contributed by atoms with Gasteiger partial charge in [-0.05, 0) is 6.07 Å². The van der Waals surface area contributed by atoms with Crippen molar-refractivity contribution in [2.75, 3.05) is 18.0 Å². The summed E-state index contributed by atoms with van der Waals surface area (Å²) in [5.41, 5.74) is 0.0975. The highest BCUT2D eigenvalue weighted by Gasteiger charge is 2.35. The van der Waals surface area contributed by atoms with E-state index in [1.54, 1.807) is 4.90 Å². The smallest absolute Gasteiger partial charge is 0.357 e. The molecule has 0 spiro atoms. The fourth-order valence-corrected chi connectivity index (χ4v) is 2.62. The van der Waals surface area contributed by atoms with Gasteiger partial charge in [0.05, 0.1) is 10.4 Å². The number of aromatic carboxylic acids is 1. The molecule has 0 radical (unpaired) electrons. The van der Waals surface area contributed by atoms with Crippen LogP contribution in [-0.4, -0.2) is 45.3 Å². The number of carboxylic acids is 1. The van der Waals surface area contributed by atoms with Crippen LogP contribution in [0.25, 0.3) is 11.0 Å². The summed E-state index contributed by atoms with van der Waals surface area (Å²) in [7, 11) is 0. The van der Waals surface area contributed by atoms with Crippen molar-refractivity contribution in [1.29, 1.82) is 0 Å². The lowest BCUT2D eigenvalue weighted by atomic mass is 10.1. The Hall–Kier alpha value is -1.96. The fraction of sp³-hybridized carbons (Fsp3) is 0.417. The van der Waals surface area contributed by atoms with E-state index in [1.165, 1.54) is 6.07 Å². The van der Waals surface area contributed by atoms with Gasteiger partial charge in [0.15, 0.2) is 11.3 Å². The van der Waals surface area contributed by atoms with Crippen molar-refractivity contribution in [2.45, 2.75) is 18.8 Å². The van der Waals surface area contributed by atoms with Crippen LogP contribution in [0, 0.1) is 0 Å². The number of nitrogens with one attached hydrogen (secondary N) is 1. The summed E-state index contributed by atoms with van der Waals surface area (Å²) < 4.78 is 26.4. The quantitative estimate of drug-likeness (QED) is 0.889. The Bertz CT molecular complexity index is 709.